The highest BCUT2D eigenvalue weighted by Crippen LogP contribution is 2.29. The highest BCUT2D eigenvalue weighted by Gasteiger charge is 2.34. The van der Waals surface area contributed by atoms with Crippen LogP contribution in [0.3, 0.4) is 0 Å². The summed E-state index contributed by atoms with van der Waals surface area (Å²) >= 11 is 0. The lowest BCUT2D eigenvalue weighted by molar-refractivity contribution is -0.141. The number of hydrogen-bond donors (Lipinski definition) is 1. The van der Waals surface area contributed by atoms with Crippen molar-refractivity contribution in [2.75, 3.05) is 25.5 Å². The van der Waals surface area contributed by atoms with E-state index in [-0.39, 0.29) is 0 Å². The maximum absolute atomic E-state index is 12.7. The average molecular weight is 301 g/mol. The maximum atomic E-state index is 12.7. The van der Waals surface area contributed by atoms with Crippen LogP contribution in [-0.2, 0) is 6.18 Å². The number of anilines is 1. The van der Waals surface area contributed by atoms with E-state index in [1.165, 1.54) is 16.9 Å². The lowest BCUT2D eigenvalue weighted by atomic mass is 10.3. The molecule has 2 rings (SSSR count). The molecule has 0 fully saturated rings. The zero-order chi connectivity index (χ0) is 15.6. The molecule has 2 heterocycles. The summed E-state index contributed by atoms with van der Waals surface area (Å²) in [5.41, 5.74) is -0.602. The molecule has 2 aromatic rings. The molecule has 0 unspecified atom stereocenters. The van der Waals surface area contributed by atoms with Crippen molar-refractivity contribution in [1.82, 2.24) is 19.5 Å². The second-order valence-electron chi connectivity index (χ2n) is 5.13. The average Bonchev–Trinajstić information content (AvgIpc) is 2.83. The lowest BCUT2D eigenvalue weighted by Gasteiger charge is -2.21. The molecule has 5 nitrogen and oxygen atoms in total. The Morgan fingerprint density at radius 2 is 2.10 bits per heavy atom. The summed E-state index contributed by atoms with van der Waals surface area (Å²) in [5, 5.41) is 6.57. The number of nitrogens with one attached hydrogen (secondary N) is 1. The predicted octanol–water partition coefficient (Wildman–Crippen LogP) is 2.50. The fourth-order valence-corrected chi connectivity index (χ4v) is 1.81. The molecular formula is C13H18F3N5. The number of hydrogen-bond acceptors (Lipinski definition) is 4. The summed E-state index contributed by atoms with van der Waals surface area (Å²) in [6.07, 6.45) is -1.63. The molecule has 0 aliphatic heterocycles. The maximum Gasteiger partial charge on any atom is 0.435 e. The van der Waals surface area contributed by atoms with Crippen molar-refractivity contribution in [3.05, 3.63) is 24.2 Å². The molecule has 21 heavy (non-hydrogen) atoms. The summed E-state index contributed by atoms with van der Waals surface area (Å²) in [4.78, 5) is 6.22. The highest BCUT2D eigenvalue weighted by atomic mass is 19.4. The second-order valence-corrected chi connectivity index (χ2v) is 5.13. The molecule has 8 heteroatoms. The van der Waals surface area contributed by atoms with Crippen molar-refractivity contribution in [2.45, 2.75) is 26.1 Å². The summed E-state index contributed by atoms with van der Waals surface area (Å²) in [6.45, 7) is 5.51. The number of likely N-dealkylation sites (N-methyl/N-ethyl adjacent to an activating group) is 1. The van der Waals surface area contributed by atoms with Crippen LogP contribution < -0.4 is 5.32 Å². The smallest absolute Gasteiger partial charge is 0.367 e. The Balaban J connectivity index is 2.15. The predicted molar refractivity (Wildman–Crippen MR) is 74.2 cm³/mol. The number of rotatable bonds is 5. The van der Waals surface area contributed by atoms with Crippen LogP contribution in [0, 0.1) is 0 Å². The minimum Gasteiger partial charge on any atom is -0.367 e. The molecule has 0 amide bonds. The van der Waals surface area contributed by atoms with Crippen LogP contribution in [0.2, 0.25) is 0 Å². The fourth-order valence-electron chi connectivity index (χ4n) is 1.81. The Labute approximate surface area is 120 Å². The first-order chi connectivity index (χ1) is 9.79. The largest absolute Gasteiger partial charge is 0.435 e. The van der Waals surface area contributed by atoms with Crippen LogP contribution in [0.25, 0.3) is 5.52 Å². The molecule has 0 atom stereocenters. The van der Waals surface area contributed by atoms with E-state index in [4.69, 9.17) is 0 Å². The molecule has 0 aliphatic carbocycles. The normalized spacial score (nSPS) is 12.6. The minimum atomic E-state index is -4.46. The van der Waals surface area contributed by atoms with E-state index >= 15 is 0 Å². The second kappa shape index (κ2) is 5.88. The Bertz CT molecular complexity index is 605. The van der Waals surface area contributed by atoms with Crippen LogP contribution in [0.1, 0.15) is 19.5 Å². The van der Waals surface area contributed by atoms with Crippen LogP contribution >= 0.6 is 0 Å². The molecule has 0 radical (unpaired) electrons. The molecule has 0 aromatic carbocycles. The first kappa shape index (κ1) is 15.6. The number of fused-ring (bicyclic) bond motifs is 1. The van der Waals surface area contributed by atoms with Gasteiger partial charge in [0.25, 0.3) is 0 Å². The fraction of sp³-hybridized carbons (Fsp3) is 0.538. The van der Waals surface area contributed by atoms with Gasteiger partial charge in [-0.15, -0.1) is 0 Å². The van der Waals surface area contributed by atoms with Crippen molar-refractivity contribution >= 4 is 11.3 Å². The van der Waals surface area contributed by atoms with Crippen molar-refractivity contribution in [1.29, 1.82) is 0 Å². The van der Waals surface area contributed by atoms with E-state index in [0.29, 0.717) is 23.9 Å². The SMILES string of the molecule is CC(C)N(C)CCNc1nccn2nc(C(F)(F)F)cc12. The van der Waals surface area contributed by atoms with Crippen LogP contribution in [-0.4, -0.2) is 45.7 Å². The van der Waals surface area contributed by atoms with Crippen molar-refractivity contribution in [3.63, 3.8) is 0 Å². The van der Waals surface area contributed by atoms with Crippen molar-refractivity contribution in [2.24, 2.45) is 0 Å². The van der Waals surface area contributed by atoms with Crippen molar-refractivity contribution < 1.29 is 13.2 Å². The molecule has 2 aromatic heterocycles. The van der Waals surface area contributed by atoms with E-state index in [1.807, 2.05) is 7.05 Å². The summed E-state index contributed by atoms with van der Waals surface area (Å²) < 4.78 is 39.2. The first-order valence-electron chi connectivity index (χ1n) is 6.64. The third kappa shape index (κ3) is 3.63. The van der Waals surface area contributed by atoms with Gasteiger partial charge in [0.15, 0.2) is 11.5 Å². The molecule has 0 saturated carbocycles. The van der Waals surface area contributed by atoms with E-state index in [9.17, 15) is 13.2 Å². The van der Waals surface area contributed by atoms with Gasteiger partial charge in [0.2, 0.25) is 0 Å². The van der Waals surface area contributed by atoms with Gasteiger partial charge in [-0.3, -0.25) is 0 Å². The van der Waals surface area contributed by atoms with E-state index in [2.05, 4.69) is 34.1 Å². The van der Waals surface area contributed by atoms with Gasteiger partial charge in [-0.1, -0.05) is 0 Å². The van der Waals surface area contributed by atoms with Gasteiger partial charge in [0.05, 0.1) is 0 Å². The zero-order valence-corrected chi connectivity index (χ0v) is 12.1. The number of alkyl halides is 3. The Morgan fingerprint density at radius 1 is 1.38 bits per heavy atom. The van der Waals surface area contributed by atoms with Crippen LogP contribution in [0.15, 0.2) is 18.5 Å². The monoisotopic (exact) mass is 301 g/mol. The Morgan fingerprint density at radius 3 is 2.71 bits per heavy atom. The molecule has 116 valence electrons. The first-order valence-corrected chi connectivity index (χ1v) is 6.64. The summed E-state index contributed by atoms with van der Waals surface area (Å²) in [7, 11) is 1.99. The topological polar surface area (TPSA) is 45.5 Å². The summed E-state index contributed by atoms with van der Waals surface area (Å²) in [5.74, 6) is 0.401. The number of nitrogens with zero attached hydrogens (tertiary/aromatic N) is 4. The van der Waals surface area contributed by atoms with E-state index < -0.39 is 11.9 Å². The molecule has 0 spiro atoms. The lowest BCUT2D eigenvalue weighted by Crippen LogP contribution is -2.31. The highest BCUT2D eigenvalue weighted by molar-refractivity contribution is 5.67. The molecule has 0 aliphatic rings. The van der Waals surface area contributed by atoms with E-state index in [0.717, 1.165) is 12.6 Å². The molecule has 0 bridgehead atoms. The standard InChI is InChI=1S/C13H18F3N5/c1-9(2)20(3)6-4-17-12-10-8-11(13(14,15)16)19-21(10)7-5-18-12/h5,7-9H,4,6H2,1-3H3,(H,17,18). The number of aromatic nitrogens is 3. The minimum absolute atomic E-state index is 0.317. The van der Waals surface area contributed by atoms with Gasteiger partial charge < -0.3 is 10.2 Å². The summed E-state index contributed by atoms with van der Waals surface area (Å²) in [6, 6.07) is 1.41. The van der Waals surface area contributed by atoms with Crippen LogP contribution in [0.5, 0.6) is 0 Å². The van der Waals surface area contributed by atoms with Gasteiger partial charge in [0, 0.05) is 37.6 Å². The molecule has 0 saturated heterocycles. The third-order valence-corrected chi connectivity index (χ3v) is 3.32. The van der Waals surface area contributed by atoms with Crippen molar-refractivity contribution in [3.8, 4) is 0 Å². The Kier molecular flexibility index (Phi) is 4.36. The van der Waals surface area contributed by atoms with Gasteiger partial charge >= 0.3 is 6.18 Å². The van der Waals surface area contributed by atoms with Gasteiger partial charge in [-0.2, -0.15) is 18.3 Å². The van der Waals surface area contributed by atoms with Gasteiger partial charge in [-0.05, 0) is 20.9 Å². The molecule has 1 N–H and O–H groups in total. The third-order valence-electron chi connectivity index (χ3n) is 3.32. The number of halogens is 3. The zero-order valence-electron chi connectivity index (χ0n) is 12.1. The van der Waals surface area contributed by atoms with Gasteiger partial charge in [-0.25, -0.2) is 9.50 Å². The van der Waals surface area contributed by atoms with Crippen LogP contribution in [0.4, 0.5) is 19.0 Å². The van der Waals surface area contributed by atoms with E-state index in [1.54, 1.807) is 0 Å². The van der Waals surface area contributed by atoms with Gasteiger partial charge in [0.1, 0.15) is 5.52 Å². The molecular weight excluding hydrogens is 283 g/mol. The quantitative estimate of drug-likeness (QED) is 0.921. The Hall–Kier alpha value is -1.83.